The topological polar surface area (TPSA) is 86.6 Å². The van der Waals surface area contributed by atoms with Crippen molar-refractivity contribution >= 4 is 11.9 Å². The third kappa shape index (κ3) is 4.27. The van der Waals surface area contributed by atoms with E-state index in [1.54, 1.807) is 6.92 Å². The van der Waals surface area contributed by atoms with Crippen LogP contribution in [-0.4, -0.2) is 28.1 Å². The average molecular weight is 287 g/mol. The van der Waals surface area contributed by atoms with Gasteiger partial charge in [-0.05, 0) is 24.1 Å². The number of hydrogen-bond donors (Lipinski definition) is 3. The number of hydrogen-bond acceptors (Lipinski definition) is 3. The second kappa shape index (κ2) is 6.95. The fourth-order valence-electron chi connectivity index (χ4n) is 1.68. The highest BCUT2D eigenvalue weighted by Crippen LogP contribution is 2.17. The number of aliphatic carboxylic acids is 1. The molecule has 0 heterocycles. The molecule has 1 unspecified atom stereocenters. The Labute approximate surface area is 114 Å². The van der Waals surface area contributed by atoms with Gasteiger partial charge in [0.1, 0.15) is 17.7 Å². The van der Waals surface area contributed by atoms with Crippen LogP contribution in [0.1, 0.15) is 31.4 Å². The van der Waals surface area contributed by atoms with Crippen molar-refractivity contribution in [2.45, 2.75) is 31.9 Å². The van der Waals surface area contributed by atoms with Gasteiger partial charge in [-0.25, -0.2) is 13.6 Å². The van der Waals surface area contributed by atoms with Crippen LogP contribution in [0.4, 0.5) is 8.78 Å². The first kappa shape index (κ1) is 16.0. The summed E-state index contributed by atoms with van der Waals surface area (Å²) < 4.78 is 26.0. The van der Waals surface area contributed by atoms with E-state index >= 15 is 0 Å². The minimum absolute atomic E-state index is 0.186. The maximum absolute atomic E-state index is 13.0. The summed E-state index contributed by atoms with van der Waals surface area (Å²) in [5, 5.41) is 20.7. The number of benzene rings is 1. The maximum atomic E-state index is 13.0. The zero-order valence-corrected chi connectivity index (χ0v) is 10.8. The number of carbonyl (C=O) groups excluding carboxylic acids is 1. The van der Waals surface area contributed by atoms with E-state index in [1.165, 1.54) is 0 Å². The average Bonchev–Trinajstić information content (AvgIpc) is 2.35. The van der Waals surface area contributed by atoms with Gasteiger partial charge >= 0.3 is 5.97 Å². The molecular weight excluding hydrogens is 272 g/mol. The molecule has 3 N–H and O–H groups in total. The number of aliphatic hydroxyl groups excluding tert-OH is 1. The summed E-state index contributed by atoms with van der Waals surface area (Å²) in [4.78, 5) is 22.6. The van der Waals surface area contributed by atoms with Crippen molar-refractivity contribution in [2.24, 2.45) is 0 Å². The molecule has 0 spiro atoms. The largest absolute Gasteiger partial charge is 0.480 e. The number of amides is 1. The molecule has 0 aliphatic heterocycles. The number of carbonyl (C=O) groups is 2. The molecule has 20 heavy (non-hydrogen) atoms. The first-order chi connectivity index (χ1) is 9.35. The molecule has 1 aromatic rings. The third-order valence-corrected chi connectivity index (χ3v) is 2.64. The van der Waals surface area contributed by atoms with Crippen molar-refractivity contribution < 1.29 is 28.6 Å². The van der Waals surface area contributed by atoms with Crippen LogP contribution < -0.4 is 5.32 Å². The Balaban J connectivity index is 2.82. The number of halogens is 2. The van der Waals surface area contributed by atoms with Gasteiger partial charge in [0.25, 0.3) is 5.91 Å². The molecule has 0 fully saturated rings. The van der Waals surface area contributed by atoms with Crippen molar-refractivity contribution in [3.8, 4) is 0 Å². The highest BCUT2D eigenvalue weighted by Gasteiger charge is 2.24. The first-order valence-corrected chi connectivity index (χ1v) is 6.02. The molecule has 0 bridgehead atoms. The molecule has 7 heteroatoms. The Bertz CT molecular complexity index is 487. The zero-order chi connectivity index (χ0) is 15.3. The monoisotopic (exact) mass is 287 g/mol. The SMILES string of the molecule is CCCC(NC(=O)[C@H](O)c1cc(F)cc(F)c1)C(=O)O. The summed E-state index contributed by atoms with van der Waals surface area (Å²) in [6.45, 7) is 1.74. The molecule has 0 aliphatic rings. The predicted octanol–water partition coefficient (Wildman–Crippen LogP) is 1.37. The van der Waals surface area contributed by atoms with Crippen molar-refractivity contribution in [3.63, 3.8) is 0 Å². The molecule has 0 radical (unpaired) electrons. The summed E-state index contributed by atoms with van der Waals surface area (Å²) in [6.07, 6.45) is -1.13. The maximum Gasteiger partial charge on any atom is 0.326 e. The number of rotatable bonds is 6. The molecule has 1 rings (SSSR count). The van der Waals surface area contributed by atoms with Gasteiger partial charge < -0.3 is 15.5 Å². The highest BCUT2D eigenvalue weighted by atomic mass is 19.1. The van der Waals surface area contributed by atoms with E-state index in [0.717, 1.165) is 12.1 Å². The van der Waals surface area contributed by atoms with Crippen LogP contribution in [0.3, 0.4) is 0 Å². The van der Waals surface area contributed by atoms with Gasteiger partial charge in [-0.1, -0.05) is 13.3 Å². The van der Waals surface area contributed by atoms with Gasteiger partial charge in [0.05, 0.1) is 0 Å². The zero-order valence-electron chi connectivity index (χ0n) is 10.8. The van der Waals surface area contributed by atoms with E-state index in [-0.39, 0.29) is 12.0 Å². The highest BCUT2D eigenvalue weighted by molar-refractivity contribution is 5.86. The molecular formula is C13H15F2NO4. The predicted molar refractivity (Wildman–Crippen MR) is 65.8 cm³/mol. The van der Waals surface area contributed by atoms with Crippen LogP contribution in [0.15, 0.2) is 18.2 Å². The Morgan fingerprint density at radius 2 is 1.80 bits per heavy atom. The molecule has 0 saturated heterocycles. The quantitative estimate of drug-likeness (QED) is 0.737. The molecule has 1 amide bonds. The molecule has 0 aromatic heterocycles. The van der Waals surface area contributed by atoms with Crippen LogP contribution in [0.5, 0.6) is 0 Å². The van der Waals surface area contributed by atoms with Crippen molar-refractivity contribution in [2.75, 3.05) is 0 Å². The van der Waals surface area contributed by atoms with Crippen LogP contribution >= 0.6 is 0 Å². The molecule has 2 atom stereocenters. The molecule has 1 aromatic carbocycles. The van der Waals surface area contributed by atoms with Crippen LogP contribution in [-0.2, 0) is 9.59 Å². The summed E-state index contributed by atoms with van der Waals surface area (Å²) >= 11 is 0. The summed E-state index contributed by atoms with van der Waals surface area (Å²) in [6, 6.07) is 1.07. The van der Waals surface area contributed by atoms with Crippen molar-refractivity contribution in [1.29, 1.82) is 0 Å². The Morgan fingerprint density at radius 3 is 2.25 bits per heavy atom. The van der Waals surface area contributed by atoms with Gasteiger partial charge in [0.15, 0.2) is 6.10 Å². The Morgan fingerprint density at radius 1 is 1.25 bits per heavy atom. The van der Waals surface area contributed by atoms with E-state index in [1.807, 2.05) is 0 Å². The lowest BCUT2D eigenvalue weighted by Gasteiger charge is -2.17. The minimum atomic E-state index is -1.83. The second-order valence-corrected chi connectivity index (χ2v) is 4.29. The fraction of sp³-hybridized carbons (Fsp3) is 0.385. The lowest BCUT2D eigenvalue weighted by Crippen LogP contribution is -2.43. The van der Waals surface area contributed by atoms with Gasteiger partial charge in [0.2, 0.25) is 0 Å². The standard InChI is InChI=1S/C13H15F2NO4/c1-2-3-10(13(19)20)16-12(18)11(17)7-4-8(14)6-9(15)5-7/h4-6,10-11,17H,2-3H2,1H3,(H,16,18)(H,19,20)/t10?,11-/m1/s1. The normalized spacial score (nSPS) is 13.6. The lowest BCUT2D eigenvalue weighted by molar-refractivity contribution is -0.143. The smallest absolute Gasteiger partial charge is 0.326 e. The van der Waals surface area contributed by atoms with Crippen LogP contribution in [0, 0.1) is 11.6 Å². The lowest BCUT2D eigenvalue weighted by atomic mass is 10.1. The van der Waals surface area contributed by atoms with E-state index in [9.17, 15) is 23.5 Å². The van der Waals surface area contributed by atoms with Crippen LogP contribution in [0.25, 0.3) is 0 Å². The Hall–Kier alpha value is -2.02. The van der Waals surface area contributed by atoms with Gasteiger partial charge in [0, 0.05) is 6.07 Å². The summed E-state index contributed by atoms with van der Waals surface area (Å²) in [5.74, 6) is -4.13. The third-order valence-electron chi connectivity index (χ3n) is 2.64. The number of nitrogens with one attached hydrogen (secondary N) is 1. The summed E-state index contributed by atoms with van der Waals surface area (Å²) in [7, 11) is 0. The number of aliphatic hydroxyl groups is 1. The molecule has 5 nitrogen and oxygen atoms in total. The minimum Gasteiger partial charge on any atom is -0.480 e. The van der Waals surface area contributed by atoms with E-state index in [4.69, 9.17) is 5.11 Å². The van der Waals surface area contributed by atoms with Gasteiger partial charge in [-0.3, -0.25) is 4.79 Å². The molecule has 0 aliphatic carbocycles. The van der Waals surface area contributed by atoms with Crippen LogP contribution in [0.2, 0.25) is 0 Å². The molecule has 0 saturated carbocycles. The van der Waals surface area contributed by atoms with Gasteiger partial charge in [-0.15, -0.1) is 0 Å². The second-order valence-electron chi connectivity index (χ2n) is 4.29. The summed E-state index contributed by atoms with van der Waals surface area (Å²) in [5.41, 5.74) is -0.277. The van der Waals surface area contributed by atoms with E-state index in [0.29, 0.717) is 12.5 Å². The van der Waals surface area contributed by atoms with Crippen molar-refractivity contribution in [1.82, 2.24) is 5.32 Å². The fourth-order valence-corrected chi connectivity index (χ4v) is 1.68. The first-order valence-electron chi connectivity index (χ1n) is 6.02. The molecule has 110 valence electrons. The van der Waals surface area contributed by atoms with Gasteiger partial charge in [-0.2, -0.15) is 0 Å². The van der Waals surface area contributed by atoms with E-state index < -0.39 is 35.7 Å². The Kier molecular flexibility index (Phi) is 5.57. The van der Waals surface area contributed by atoms with E-state index in [2.05, 4.69) is 5.32 Å². The number of carboxylic acids is 1. The number of carboxylic acid groups (broad SMARTS) is 1. The van der Waals surface area contributed by atoms with Crippen molar-refractivity contribution in [3.05, 3.63) is 35.4 Å².